The van der Waals surface area contributed by atoms with E-state index in [1.165, 1.54) is 19.8 Å². The van der Waals surface area contributed by atoms with Gasteiger partial charge < -0.3 is 19.7 Å². The fourth-order valence-electron chi connectivity index (χ4n) is 3.19. The normalized spacial score (nSPS) is 14.4. The number of amides is 2. The minimum Gasteiger partial charge on any atom is -0.493 e. The van der Waals surface area contributed by atoms with Gasteiger partial charge in [0.1, 0.15) is 0 Å². The molecular weight excluding hydrogens is 358 g/mol. The molecule has 7 nitrogen and oxygen atoms in total. The van der Waals surface area contributed by atoms with Gasteiger partial charge >= 0.3 is 11.8 Å². The lowest BCUT2D eigenvalue weighted by Gasteiger charge is -2.34. The number of hydrogen-bond acceptors (Lipinski definition) is 5. The summed E-state index contributed by atoms with van der Waals surface area (Å²) in [4.78, 5) is 28.7. The maximum atomic E-state index is 12.5. The lowest BCUT2D eigenvalue weighted by molar-refractivity contribution is -0.144. The van der Waals surface area contributed by atoms with Crippen molar-refractivity contribution in [2.24, 2.45) is 0 Å². The second-order valence-electron chi connectivity index (χ2n) is 6.58. The molecule has 2 aromatic carbocycles. The molecule has 28 heavy (non-hydrogen) atoms. The number of nitrogens with zero attached hydrogens (tertiary/aromatic N) is 2. The van der Waals surface area contributed by atoms with Gasteiger partial charge in [0.25, 0.3) is 0 Å². The summed E-state index contributed by atoms with van der Waals surface area (Å²) in [6, 6.07) is 15.2. The van der Waals surface area contributed by atoms with E-state index in [0.29, 0.717) is 30.3 Å². The van der Waals surface area contributed by atoms with Crippen molar-refractivity contribution in [3.05, 3.63) is 54.1 Å². The van der Waals surface area contributed by atoms with Crippen LogP contribution < -0.4 is 14.8 Å². The zero-order valence-corrected chi connectivity index (χ0v) is 16.2. The highest BCUT2D eigenvalue weighted by molar-refractivity contribution is 6.39. The quantitative estimate of drug-likeness (QED) is 0.800. The van der Waals surface area contributed by atoms with Crippen molar-refractivity contribution >= 4 is 17.5 Å². The summed E-state index contributed by atoms with van der Waals surface area (Å²) in [6.45, 7) is 3.39. The molecule has 2 aromatic rings. The van der Waals surface area contributed by atoms with Gasteiger partial charge in [0.05, 0.1) is 14.2 Å². The highest BCUT2D eigenvalue weighted by Crippen LogP contribution is 2.29. The molecule has 2 amide bonds. The minimum absolute atomic E-state index is 0.485. The molecule has 0 saturated carbocycles. The predicted octanol–water partition coefficient (Wildman–Crippen LogP) is 1.99. The number of piperazine rings is 1. The van der Waals surface area contributed by atoms with E-state index in [9.17, 15) is 9.59 Å². The van der Waals surface area contributed by atoms with Gasteiger partial charge in [-0.25, -0.2) is 0 Å². The van der Waals surface area contributed by atoms with E-state index in [0.717, 1.165) is 19.6 Å². The molecule has 148 valence electrons. The molecule has 1 saturated heterocycles. The predicted molar refractivity (Wildman–Crippen MR) is 106 cm³/mol. The average Bonchev–Trinajstić information content (AvgIpc) is 2.74. The lowest BCUT2D eigenvalue weighted by atomic mass is 10.2. The number of carbonyl (C=O) groups excluding carboxylic acids is 2. The van der Waals surface area contributed by atoms with Gasteiger partial charge in [-0.2, -0.15) is 0 Å². The molecule has 0 aliphatic carbocycles. The molecule has 0 bridgehead atoms. The summed E-state index contributed by atoms with van der Waals surface area (Å²) in [5.74, 6) is -0.124. The molecule has 3 rings (SSSR count). The van der Waals surface area contributed by atoms with Gasteiger partial charge in [-0.3, -0.25) is 14.5 Å². The number of methoxy groups -OCH3 is 2. The number of benzene rings is 2. The molecule has 1 fully saturated rings. The molecule has 0 spiro atoms. The highest BCUT2D eigenvalue weighted by atomic mass is 16.5. The molecular formula is C21H25N3O4. The van der Waals surface area contributed by atoms with Crippen LogP contribution in [-0.4, -0.2) is 62.0 Å². The smallest absolute Gasteiger partial charge is 0.313 e. The third-order valence-corrected chi connectivity index (χ3v) is 4.74. The molecule has 1 aliphatic rings. The standard InChI is InChI=1S/C21H25N3O4/c1-27-18-9-8-17(14-19(18)28-2)22-20(25)21(26)24-12-10-23(11-13-24)15-16-6-4-3-5-7-16/h3-9,14H,10-13,15H2,1-2H3,(H,22,25). The van der Waals surface area contributed by atoms with E-state index < -0.39 is 11.8 Å². The number of anilines is 1. The van der Waals surface area contributed by atoms with Crippen LogP contribution in [0.4, 0.5) is 5.69 Å². The topological polar surface area (TPSA) is 71.1 Å². The molecule has 1 heterocycles. The first-order valence-corrected chi connectivity index (χ1v) is 9.19. The molecule has 0 aromatic heterocycles. The fraction of sp³-hybridized carbons (Fsp3) is 0.333. The second-order valence-corrected chi connectivity index (χ2v) is 6.58. The van der Waals surface area contributed by atoms with E-state index in [4.69, 9.17) is 9.47 Å². The number of nitrogens with one attached hydrogen (secondary N) is 1. The molecule has 0 radical (unpaired) electrons. The number of ether oxygens (including phenoxy) is 2. The fourth-order valence-corrected chi connectivity index (χ4v) is 3.19. The average molecular weight is 383 g/mol. The van der Waals surface area contributed by atoms with Gasteiger partial charge in [-0.15, -0.1) is 0 Å². The van der Waals surface area contributed by atoms with E-state index in [1.807, 2.05) is 18.2 Å². The van der Waals surface area contributed by atoms with Gasteiger partial charge in [0.15, 0.2) is 11.5 Å². The Balaban J connectivity index is 1.52. The summed E-state index contributed by atoms with van der Waals surface area (Å²) < 4.78 is 10.4. The van der Waals surface area contributed by atoms with Gasteiger partial charge in [0.2, 0.25) is 0 Å². The van der Waals surface area contributed by atoms with Crippen LogP contribution in [-0.2, 0) is 16.1 Å². The Labute approximate surface area is 164 Å². The van der Waals surface area contributed by atoms with Crippen LogP contribution in [0.1, 0.15) is 5.56 Å². The molecule has 0 unspecified atom stereocenters. The Morgan fingerprint density at radius 1 is 0.929 bits per heavy atom. The van der Waals surface area contributed by atoms with Crippen LogP contribution in [0, 0.1) is 0 Å². The van der Waals surface area contributed by atoms with Crippen molar-refractivity contribution in [3.8, 4) is 11.5 Å². The Morgan fingerprint density at radius 2 is 1.61 bits per heavy atom. The maximum Gasteiger partial charge on any atom is 0.313 e. The first-order valence-electron chi connectivity index (χ1n) is 9.19. The summed E-state index contributed by atoms with van der Waals surface area (Å²) in [7, 11) is 3.06. The van der Waals surface area contributed by atoms with Gasteiger partial charge in [0, 0.05) is 44.5 Å². The summed E-state index contributed by atoms with van der Waals surface area (Å²) in [6.07, 6.45) is 0. The number of hydrogen-bond donors (Lipinski definition) is 1. The van der Waals surface area contributed by atoms with Crippen LogP contribution in [0.5, 0.6) is 11.5 Å². The number of rotatable bonds is 5. The second kappa shape index (κ2) is 9.23. The minimum atomic E-state index is -0.649. The SMILES string of the molecule is COc1ccc(NC(=O)C(=O)N2CCN(Cc3ccccc3)CC2)cc1OC. The number of carbonyl (C=O) groups is 2. The van der Waals surface area contributed by atoms with Gasteiger partial charge in [-0.1, -0.05) is 30.3 Å². The van der Waals surface area contributed by atoms with Crippen LogP contribution in [0.25, 0.3) is 0 Å². The first-order chi connectivity index (χ1) is 13.6. The molecule has 0 atom stereocenters. The van der Waals surface area contributed by atoms with Crippen molar-refractivity contribution in [2.75, 3.05) is 45.7 Å². The van der Waals surface area contributed by atoms with Crippen LogP contribution in [0.2, 0.25) is 0 Å². The molecule has 1 aliphatic heterocycles. The third kappa shape index (κ3) is 4.80. The van der Waals surface area contributed by atoms with E-state index in [-0.39, 0.29) is 0 Å². The van der Waals surface area contributed by atoms with Crippen molar-refractivity contribution < 1.29 is 19.1 Å². The summed E-state index contributed by atoms with van der Waals surface area (Å²) in [5, 5.41) is 2.64. The van der Waals surface area contributed by atoms with Crippen LogP contribution >= 0.6 is 0 Å². The van der Waals surface area contributed by atoms with Crippen molar-refractivity contribution in [1.82, 2.24) is 9.80 Å². The zero-order chi connectivity index (χ0) is 19.9. The van der Waals surface area contributed by atoms with Crippen molar-refractivity contribution in [2.45, 2.75) is 6.54 Å². The van der Waals surface area contributed by atoms with Crippen molar-refractivity contribution in [1.29, 1.82) is 0 Å². The molecule has 7 heteroatoms. The monoisotopic (exact) mass is 383 g/mol. The Hall–Kier alpha value is -3.06. The third-order valence-electron chi connectivity index (χ3n) is 4.74. The summed E-state index contributed by atoms with van der Waals surface area (Å²) in [5.41, 5.74) is 1.73. The van der Waals surface area contributed by atoms with Crippen molar-refractivity contribution in [3.63, 3.8) is 0 Å². The van der Waals surface area contributed by atoms with E-state index in [2.05, 4.69) is 22.3 Å². The van der Waals surface area contributed by atoms with E-state index in [1.54, 1.807) is 23.1 Å². The lowest BCUT2D eigenvalue weighted by Crippen LogP contribution is -2.51. The van der Waals surface area contributed by atoms with Gasteiger partial charge in [-0.05, 0) is 17.7 Å². The Bertz CT molecular complexity index is 818. The largest absolute Gasteiger partial charge is 0.493 e. The molecule has 1 N–H and O–H groups in total. The summed E-state index contributed by atoms with van der Waals surface area (Å²) >= 11 is 0. The maximum absolute atomic E-state index is 12.5. The van der Waals surface area contributed by atoms with Crippen LogP contribution in [0.15, 0.2) is 48.5 Å². The first kappa shape index (κ1) is 19.7. The highest BCUT2D eigenvalue weighted by Gasteiger charge is 2.26. The Morgan fingerprint density at radius 3 is 2.25 bits per heavy atom. The van der Waals surface area contributed by atoms with E-state index >= 15 is 0 Å². The van der Waals surface area contributed by atoms with Crippen LogP contribution in [0.3, 0.4) is 0 Å². The zero-order valence-electron chi connectivity index (χ0n) is 16.2. The Kier molecular flexibility index (Phi) is 6.49.